The lowest BCUT2D eigenvalue weighted by Crippen LogP contribution is -2.58. The zero-order valence-corrected chi connectivity index (χ0v) is 11.6. The predicted molar refractivity (Wildman–Crippen MR) is 70.0 cm³/mol. The molecule has 1 rings (SSSR count). The molecular formula is C14H26O4. The average Bonchev–Trinajstić information content (AvgIpc) is 2.39. The largest absolute Gasteiger partial charge is 0.393 e. The highest BCUT2D eigenvalue weighted by Crippen LogP contribution is 2.41. The van der Waals surface area contributed by atoms with E-state index in [2.05, 4.69) is 20.4 Å². The summed E-state index contributed by atoms with van der Waals surface area (Å²) in [6, 6.07) is 0. The normalized spacial score (nSPS) is 35.4. The molecule has 1 unspecified atom stereocenters. The van der Waals surface area contributed by atoms with Crippen LogP contribution >= 0.6 is 0 Å². The van der Waals surface area contributed by atoms with Crippen molar-refractivity contribution in [2.75, 3.05) is 19.8 Å². The van der Waals surface area contributed by atoms with Gasteiger partial charge in [-0.05, 0) is 18.3 Å². The molecule has 0 bridgehead atoms. The lowest BCUT2D eigenvalue weighted by Gasteiger charge is -2.49. The van der Waals surface area contributed by atoms with Crippen LogP contribution in [-0.4, -0.2) is 41.9 Å². The van der Waals surface area contributed by atoms with Crippen molar-refractivity contribution in [2.45, 2.75) is 39.1 Å². The maximum absolute atomic E-state index is 9.55. The molecule has 0 aromatic carbocycles. The number of aliphatic hydroxyl groups is 2. The lowest BCUT2D eigenvalue weighted by atomic mass is 9.72. The Morgan fingerprint density at radius 2 is 1.83 bits per heavy atom. The summed E-state index contributed by atoms with van der Waals surface area (Å²) in [4.78, 5) is 0. The van der Waals surface area contributed by atoms with Gasteiger partial charge >= 0.3 is 0 Å². The molecule has 1 aliphatic rings. The van der Waals surface area contributed by atoms with Crippen molar-refractivity contribution in [1.82, 2.24) is 0 Å². The molecule has 2 N–H and O–H groups in total. The summed E-state index contributed by atoms with van der Waals surface area (Å²) in [7, 11) is 0. The van der Waals surface area contributed by atoms with E-state index in [0.717, 1.165) is 6.42 Å². The van der Waals surface area contributed by atoms with E-state index in [1.54, 1.807) is 6.08 Å². The minimum Gasteiger partial charge on any atom is -0.393 e. The fourth-order valence-electron chi connectivity index (χ4n) is 2.49. The van der Waals surface area contributed by atoms with Gasteiger partial charge in [0, 0.05) is 5.92 Å². The quantitative estimate of drug-likeness (QED) is 0.561. The molecule has 4 heteroatoms. The van der Waals surface area contributed by atoms with Gasteiger partial charge in [0.25, 0.3) is 0 Å². The minimum absolute atomic E-state index is 0.0850. The number of aliphatic hydroxyl groups excluding tert-OH is 2. The van der Waals surface area contributed by atoms with Crippen LogP contribution < -0.4 is 0 Å². The Labute approximate surface area is 110 Å². The molecule has 0 radical (unpaired) electrons. The van der Waals surface area contributed by atoms with Crippen LogP contribution in [0, 0.1) is 17.8 Å². The summed E-state index contributed by atoms with van der Waals surface area (Å²) in [6.45, 7) is 10.0. The highest BCUT2D eigenvalue weighted by atomic mass is 16.7. The summed E-state index contributed by atoms with van der Waals surface area (Å²) < 4.78 is 11.6. The average molecular weight is 258 g/mol. The Balaban J connectivity index is 2.76. The van der Waals surface area contributed by atoms with Gasteiger partial charge in [0.1, 0.15) is 5.60 Å². The second-order valence-corrected chi connectivity index (χ2v) is 5.32. The van der Waals surface area contributed by atoms with Gasteiger partial charge in [-0.15, -0.1) is 6.58 Å². The first-order valence-corrected chi connectivity index (χ1v) is 6.64. The Hall–Kier alpha value is -0.420. The van der Waals surface area contributed by atoms with Crippen molar-refractivity contribution in [2.24, 2.45) is 17.8 Å². The molecule has 1 aliphatic heterocycles. The maximum atomic E-state index is 9.55. The molecule has 0 aliphatic carbocycles. The fraction of sp³-hybridized carbons (Fsp3) is 0.857. The van der Waals surface area contributed by atoms with Crippen LogP contribution in [0.2, 0.25) is 0 Å². The minimum atomic E-state index is -0.898. The predicted octanol–water partition coefficient (Wildman–Crippen LogP) is 1.57. The number of hydrogen-bond acceptors (Lipinski definition) is 4. The summed E-state index contributed by atoms with van der Waals surface area (Å²) >= 11 is 0. The van der Waals surface area contributed by atoms with E-state index in [1.165, 1.54) is 0 Å². The maximum Gasteiger partial charge on any atom is 0.161 e. The van der Waals surface area contributed by atoms with Crippen LogP contribution in [-0.2, 0) is 9.47 Å². The third kappa shape index (κ3) is 2.94. The molecule has 1 saturated heterocycles. The van der Waals surface area contributed by atoms with Gasteiger partial charge in [0.15, 0.2) is 6.29 Å². The lowest BCUT2D eigenvalue weighted by molar-refractivity contribution is -0.305. The van der Waals surface area contributed by atoms with Crippen LogP contribution in [0.3, 0.4) is 0 Å². The SMILES string of the molecule is C=CCCOC1OC(CO)(CO)[C@@H](C)[C@H](C)[C@H]1C. The Kier molecular flexibility index (Phi) is 5.79. The molecule has 106 valence electrons. The van der Waals surface area contributed by atoms with Gasteiger partial charge in [-0.1, -0.05) is 26.8 Å². The first-order chi connectivity index (χ1) is 8.52. The highest BCUT2D eigenvalue weighted by Gasteiger charge is 2.49. The van der Waals surface area contributed by atoms with Crippen molar-refractivity contribution in [1.29, 1.82) is 0 Å². The second-order valence-electron chi connectivity index (χ2n) is 5.32. The van der Waals surface area contributed by atoms with Crippen LogP contribution in [0.5, 0.6) is 0 Å². The molecule has 1 fully saturated rings. The van der Waals surface area contributed by atoms with E-state index >= 15 is 0 Å². The molecule has 0 aromatic heterocycles. The Morgan fingerprint density at radius 1 is 1.22 bits per heavy atom. The van der Waals surface area contributed by atoms with Crippen molar-refractivity contribution in [3.05, 3.63) is 12.7 Å². The van der Waals surface area contributed by atoms with E-state index in [-0.39, 0.29) is 31.3 Å². The summed E-state index contributed by atoms with van der Waals surface area (Å²) in [6.07, 6.45) is 2.18. The smallest absolute Gasteiger partial charge is 0.161 e. The first-order valence-electron chi connectivity index (χ1n) is 6.64. The van der Waals surface area contributed by atoms with Crippen molar-refractivity contribution in [3.63, 3.8) is 0 Å². The van der Waals surface area contributed by atoms with Crippen LogP contribution in [0.1, 0.15) is 27.2 Å². The standard InChI is InChI=1S/C14H26O4/c1-5-6-7-17-13-11(3)10(2)12(4)14(8-15,9-16)18-13/h5,10-13,15-16H,1,6-9H2,2-4H3/t10-,11-,12+,13?/m1/s1. The second kappa shape index (κ2) is 6.66. The zero-order chi connectivity index (χ0) is 13.8. The van der Waals surface area contributed by atoms with Crippen molar-refractivity contribution >= 4 is 0 Å². The summed E-state index contributed by atoms with van der Waals surface area (Å²) in [5.41, 5.74) is -0.898. The van der Waals surface area contributed by atoms with E-state index in [0.29, 0.717) is 12.5 Å². The molecule has 18 heavy (non-hydrogen) atoms. The van der Waals surface area contributed by atoms with Crippen LogP contribution in [0.15, 0.2) is 12.7 Å². The van der Waals surface area contributed by atoms with E-state index in [9.17, 15) is 10.2 Å². The third-order valence-electron chi connectivity index (χ3n) is 4.37. The topological polar surface area (TPSA) is 58.9 Å². The molecule has 0 spiro atoms. The summed E-state index contributed by atoms with van der Waals surface area (Å²) in [5.74, 6) is 0.629. The van der Waals surface area contributed by atoms with E-state index in [4.69, 9.17) is 9.47 Å². The van der Waals surface area contributed by atoms with Crippen molar-refractivity contribution in [3.8, 4) is 0 Å². The Bertz CT molecular complexity index is 263. The molecule has 0 saturated carbocycles. The van der Waals surface area contributed by atoms with Gasteiger partial charge in [-0.2, -0.15) is 0 Å². The number of hydrogen-bond donors (Lipinski definition) is 2. The van der Waals surface area contributed by atoms with E-state index < -0.39 is 5.60 Å². The third-order valence-corrected chi connectivity index (χ3v) is 4.37. The van der Waals surface area contributed by atoms with Gasteiger partial charge in [0.05, 0.1) is 19.8 Å². The molecule has 4 nitrogen and oxygen atoms in total. The molecule has 0 amide bonds. The number of rotatable bonds is 6. The molecule has 0 aromatic rings. The fourth-order valence-corrected chi connectivity index (χ4v) is 2.49. The van der Waals surface area contributed by atoms with Crippen molar-refractivity contribution < 1.29 is 19.7 Å². The monoisotopic (exact) mass is 258 g/mol. The molecular weight excluding hydrogens is 232 g/mol. The van der Waals surface area contributed by atoms with Crippen LogP contribution in [0.4, 0.5) is 0 Å². The number of ether oxygens (including phenoxy) is 2. The highest BCUT2D eigenvalue weighted by molar-refractivity contribution is 4.94. The van der Waals surface area contributed by atoms with Gasteiger partial charge < -0.3 is 19.7 Å². The zero-order valence-electron chi connectivity index (χ0n) is 11.6. The molecule has 1 heterocycles. The van der Waals surface area contributed by atoms with Gasteiger partial charge in [-0.25, -0.2) is 0 Å². The van der Waals surface area contributed by atoms with Gasteiger partial charge in [0.2, 0.25) is 0 Å². The molecule has 4 atom stereocenters. The van der Waals surface area contributed by atoms with Crippen LogP contribution in [0.25, 0.3) is 0 Å². The first kappa shape index (κ1) is 15.6. The Morgan fingerprint density at radius 3 is 2.33 bits per heavy atom. The summed E-state index contributed by atoms with van der Waals surface area (Å²) in [5, 5.41) is 19.1. The van der Waals surface area contributed by atoms with Gasteiger partial charge in [-0.3, -0.25) is 0 Å². The van der Waals surface area contributed by atoms with E-state index in [1.807, 2.05) is 6.92 Å².